The second-order valence-electron chi connectivity index (χ2n) is 7.40. The van der Waals surface area contributed by atoms with Gasteiger partial charge >= 0.3 is 0 Å². The summed E-state index contributed by atoms with van der Waals surface area (Å²) in [5, 5.41) is 0.603. The van der Waals surface area contributed by atoms with Crippen LogP contribution in [0, 0.1) is 0 Å². The van der Waals surface area contributed by atoms with E-state index < -0.39 is 10.8 Å². The average molecular weight is 416 g/mol. The van der Waals surface area contributed by atoms with Crippen molar-refractivity contribution in [2.45, 2.75) is 17.5 Å². The Labute approximate surface area is 180 Å². The van der Waals surface area contributed by atoms with Gasteiger partial charge in [0, 0.05) is 38.1 Å². The van der Waals surface area contributed by atoms with Crippen LogP contribution in [0.5, 0.6) is 0 Å². The summed E-state index contributed by atoms with van der Waals surface area (Å²) in [5.74, 6) is 0.425. The van der Waals surface area contributed by atoms with Gasteiger partial charge in [0.05, 0.1) is 22.2 Å². The number of imidazole rings is 1. The van der Waals surface area contributed by atoms with Crippen molar-refractivity contribution in [2.75, 3.05) is 19.0 Å². The molecule has 4 nitrogen and oxygen atoms in total. The predicted octanol–water partition coefficient (Wildman–Crippen LogP) is 4.97. The van der Waals surface area contributed by atoms with Crippen LogP contribution >= 0.6 is 0 Å². The van der Waals surface area contributed by atoms with Crippen LogP contribution in [0.3, 0.4) is 0 Å². The van der Waals surface area contributed by atoms with Gasteiger partial charge < -0.3 is 9.47 Å². The lowest BCUT2D eigenvalue weighted by Crippen LogP contribution is -2.13. The summed E-state index contributed by atoms with van der Waals surface area (Å²) in [6, 6.07) is 28.3. The van der Waals surface area contributed by atoms with E-state index in [0.29, 0.717) is 17.5 Å². The molecule has 1 atom stereocenters. The molecule has 5 heteroatoms. The molecule has 3 aromatic carbocycles. The molecule has 0 aliphatic rings. The van der Waals surface area contributed by atoms with E-state index in [9.17, 15) is 4.21 Å². The number of rotatable bonds is 7. The minimum atomic E-state index is -1.27. The van der Waals surface area contributed by atoms with Gasteiger partial charge in [0.1, 0.15) is 0 Å². The lowest BCUT2D eigenvalue weighted by Gasteiger charge is -2.17. The molecule has 0 bridgehead atoms. The Bertz CT molecular complexity index is 1140. The fourth-order valence-corrected chi connectivity index (χ4v) is 4.73. The Morgan fingerprint density at radius 1 is 0.867 bits per heavy atom. The molecular weight excluding hydrogens is 390 g/mol. The van der Waals surface area contributed by atoms with Gasteiger partial charge in [0.25, 0.3) is 0 Å². The van der Waals surface area contributed by atoms with Crippen molar-refractivity contribution in [3.8, 4) is 11.3 Å². The highest BCUT2D eigenvalue weighted by Crippen LogP contribution is 2.25. The van der Waals surface area contributed by atoms with Gasteiger partial charge in [-0.25, -0.2) is 4.98 Å². The first-order valence-electron chi connectivity index (χ1n) is 9.92. The van der Waals surface area contributed by atoms with Crippen LogP contribution in [0.1, 0.15) is 11.1 Å². The predicted molar refractivity (Wildman–Crippen MR) is 124 cm³/mol. The zero-order valence-electron chi connectivity index (χ0n) is 17.2. The summed E-state index contributed by atoms with van der Waals surface area (Å²) in [5.41, 5.74) is 5.15. The monoisotopic (exact) mass is 415 g/mol. The molecule has 0 fully saturated rings. The highest BCUT2D eigenvalue weighted by Gasteiger charge is 2.18. The first-order chi connectivity index (χ1) is 14.6. The highest BCUT2D eigenvalue weighted by atomic mass is 32.2. The summed E-state index contributed by atoms with van der Waals surface area (Å²) >= 11 is 0. The quantitative estimate of drug-likeness (QED) is 0.428. The summed E-state index contributed by atoms with van der Waals surface area (Å²) < 4.78 is 15.5. The summed E-state index contributed by atoms with van der Waals surface area (Å²) in [6.07, 6.45) is 2.01. The van der Waals surface area contributed by atoms with Crippen LogP contribution in [0.2, 0.25) is 0 Å². The van der Waals surface area contributed by atoms with E-state index >= 15 is 0 Å². The largest absolute Gasteiger partial charge is 0.377 e. The fourth-order valence-electron chi connectivity index (χ4n) is 3.50. The normalized spacial score (nSPS) is 11.9. The summed E-state index contributed by atoms with van der Waals surface area (Å²) in [4.78, 5) is 6.85. The maximum Gasteiger partial charge on any atom is 0.200 e. The van der Waals surface area contributed by atoms with Crippen LogP contribution in [-0.4, -0.2) is 27.9 Å². The molecule has 30 heavy (non-hydrogen) atoms. The summed E-state index contributed by atoms with van der Waals surface area (Å²) in [7, 11) is 2.74. The molecular formula is C25H25N3OS. The Kier molecular flexibility index (Phi) is 6.10. The van der Waals surface area contributed by atoms with Crippen molar-refractivity contribution in [3.63, 3.8) is 0 Å². The minimum absolute atomic E-state index is 0.425. The minimum Gasteiger partial charge on any atom is -0.377 e. The fraction of sp³-hybridized carbons (Fsp3) is 0.160. The smallest absolute Gasteiger partial charge is 0.200 e. The van der Waals surface area contributed by atoms with Crippen molar-refractivity contribution in [1.29, 1.82) is 0 Å². The standard InChI is InChI=1S/C25H25N3OS/c1-27(2)24-16-10-9-15-22(24)19-30(29)25-26-23(21-13-7-4-8-14-21)18-28(25)17-20-11-5-3-6-12-20/h3-16,18H,17,19H2,1-2H3. The van der Waals surface area contributed by atoms with Crippen LogP contribution in [0.15, 0.2) is 96.3 Å². The average Bonchev–Trinajstić information content (AvgIpc) is 3.19. The van der Waals surface area contributed by atoms with E-state index in [-0.39, 0.29) is 0 Å². The Balaban J connectivity index is 1.70. The Hall–Kier alpha value is -3.18. The molecule has 1 unspecified atom stereocenters. The third-order valence-electron chi connectivity index (χ3n) is 4.97. The third-order valence-corrected chi connectivity index (χ3v) is 6.28. The lowest BCUT2D eigenvalue weighted by atomic mass is 10.2. The molecule has 4 rings (SSSR count). The zero-order valence-corrected chi connectivity index (χ0v) is 18.0. The molecule has 0 saturated heterocycles. The van der Waals surface area contributed by atoms with E-state index in [2.05, 4.69) is 23.1 Å². The maximum absolute atomic E-state index is 13.5. The molecule has 0 saturated carbocycles. The Morgan fingerprint density at radius 3 is 2.20 bits per heavy atom. The van der Waals surface area contributed by atoms with Crippen LogP contribution in [0.25, 0.3) is 11.3 Å². The van der Waals surface area contributed by atoms with Crippen molar-refractivity contribution >= 4 is 16.5 Å². The number of para-hydroxylation sites is 1. The molecule has 4 aromatic rings. The molecule has 1 aromatic heterocycles. The molecule has 0 radical (unpaired) electrons. The van der Waals surface area contributed by atoms with E-state index in [1.165, 1.54) is 0 Å². The van der Waals surface area contributed by atoms with Crippen molar-refractivity contribution < 1.29 is 4.21 Å². The van der Waals surface area contributed by atoms with E-state index in [0.717, 1.165) is 28.1 Å². The first-order valence-corrected chi connectivity index (χ1v) is 11.2. The number of benzene rings is 3. The van der Waals surface area contributed by atoms with E-state index in [1.54, 1.807) is 0 Å². The molecule has 1 heterocycles. The number of hydrogen-bond donors (Lipinski definition) is 0. The number of nitrogens with zero attached hydrogens (tertiary/aromatic N) is 3. The van der Waals surface area contributed by atoms with E-state index in [4.69, 9.17) is 4.98 Å². The SMILES string of the molecule is CN(C)c1ccccc1CS(=O)c1nc(-c2ccccc2)cn1Cc1ccccc1. The molecule has 0 amide bonds. The van der Waals surface area contributed by atoms with Gasteiger partial charge in [-0.2, -0.15) is 0 Å². The Morgan fingerprint density at radius 2 is 1.50 bits per heavy atom. The highest BCUT2D eigenvalue weighted by molar-refractivity contribution is 7.84. The van der Waals surface area contributed by atoms with Gasteiger partial charge in [-0.15, -0.1) is 0 Å². The summed E-state index contributed by atoms with van der Waals surface area (Å²) in [6.45, 7) is 0.636. The van der Waals surface area contributed by atoms with E-state index in [1.807, 2.05) is 91.6 Å². The molecule has 0 aliphatic heterocycles. The van der Waals surface area contributed by atoms with Crippen LogP contribution in [-0.2, 0) is 23.1 Å². The van der Waals surface area contributed by atoms with Gasteiger partial charge in [0.2, 0.25) is 0 Å². The van der Waals surface area contributed by atoms with Crippen molar-refractivity contribution in [2.24, 2.45) is 0 Å². The first kappa shape index (κ1) is 20.1. The molecule has 0 N–H and O–H groups in total. The molecule has 0 aliphatic carbocycles. The van der Waals surface area contributed by atoms with Gasteiger partial charge in [-0.1, -0.05) is 78.9 Å². The molecule has 152 valence electrons. The van der Waals surface area contributed by atoms with Crippen LogP contribution < -0.4 is 4.90 Å². The number of aromatic nitrogens is 2. The van der Waals surface area contributed by atoms with Crippen molar-refractivity contribution in [1.82, 2.24) is 9.55 Å². The maximum atomic E-state index is 13.5. The van der Waals surface area contributed by atoms with Gasteiger partial charge in [-0.05, 0) is 17.2 Å². The number of hydrogen-bond acceptors (Lipinski definition) is 3. The third kappa shape index (κ3) is 4.52. The zero-order chi connectivity index (χ0) is 20.9. The van der Waals surface area contributed by atoms with Crippen LogP contribution in [0.4, 0.5) is 5.69 Å². The van der Waals surface area contributed by atoms with Gasteiger partial charge in [-0.3, -0.25) is 4.21 Å². The number of anilines is 1. The molecule has 0 spiro atoms. The second-order valence-corrected chi connectivity index (χ2v) is 8.75. The lowest BCUT2D eigenvalue weighted by molar-refractivity contribution is 0.649. The van der Waals surface area contributed by atoms with Gasteiger partial charge in [0.15, 0.2) is 5.16 Å². The topological polar surface area (TPSA) is 38.1 Å². The second kappa shape index (κ2) is 9.09. The van der Waals surface area contributed by atoms with Crippen molar-refractivity contribution in [3.05, 3.63) is 102 Å².